The van der Waals surface area contributed by atoms with Gasteiger partial charge in [0.2, 0.25) is 0 Å². The molecule has 0 aromatic heterocycles. The minimum Gasteiger partial charge on any atom is -0.507 e. The molecule has 2 heteroatoms. The van der Waals surface area contributed by atoms with Crippen molar-refractivity contribution in [2.75, 3.05) is 7.11 Å². The summed E-state index contributed by atoms with van der Waals surface area (Å²) in [6.45, 7) is 2.61. The van der Waals surface area contributed by atoms with Crippen molar-refractivity contribution >= 4 is 0 Å². The summed E-state index contributed by atoms with van der Waals surface area (Å²) in [6, 6.07) is 2.04. The second-order valence-corrected chi connectivity index (χ2v) is 3.94. The van der Waals surface area contributed by atoms with Crippen LogP contribution in [0.2, 0.25) is 0 Å². The molecule has 76 valence electrons. The Morgan fingerprint density at radius 1 is 1.36 bits per heavy atom. The Bertz CT molecular complexity index is 356. The maximum Gasteiger partial charge on any atom is 0.121 e. The van der Waals surface area contributed by atoms with Gasteiger partial charge in [-0.05, 0) is 54.5 Å². The van der Waals surface area contributed by atoms with E-state index in [0.717, 1.165) is 30.4 Å². The van der Waals surface area contributed by atoms with Gasteiger partial charge < -0.3 is 9.84 Å². The Kier molecular flexibility index (Phi) is 2.46. The molecule has 0 bridgehead atoms. The van der Waals surface area contributed by atoms with Gasteiger partial charge in [0, 0.05) is 7.11 Å². The number of aryl methyl sites for hydroxylation is 1. The van der Waals surface area contributed by atoms with Gasteiger partial charge in [0.05, 0.1) is 6.61 Å². The van der Waals surface area contributed by atoms with Crippen LogP contribution in [0.15, 0.2) is 6.07 Å². The predicted molar refractivity (Wildman–Crippen MR) is 55.6 cm³/mol. The van der Waals surface area contributed by atoms with Gasteiger partial charge >= 0.3 is 0 Å². The lowest BCUT2D eigenvalue weighted by Crippen LogP contribution is -1.97. The molecule has 0 heterocycles. The van der Waals surface area contributed by atoms with Crippen molar-refractivity contribution in [3.63, 3.8) is 0 Å². The van der Waals surface area contributed by atoms with Crippen LogP contribution in [0, 0.1) is 6.92 Å². The Labute approximate surface area is 84.5 Å². The van der Waals surface area contributed by atoms with Gasteiger partial charge in [-0.3, -0.25) is 0 Å². The molecule has 1 N–H and O–H groups in total. The van der Waals surface area contributed by atoms with Gasteiger partial charge in [-0.25, -0.2) is 0 Å². The highest BCUT2D eigenvalue weighted by Gasteiger charge is 2.19. The van der Waals surface area contributed by atoms with Gasteiger partial charge in [-0.1, -0.05) is 0 Å². The number of ether oxygens (including phenoxy) is 1. The van der Waals surface area contributed by atoms with Crippen molar-refractivity contribution in [1.29, 1.82) is 0 Å². The number of hydrogen-bond donors (Lipinski definition) is 1. The van der Waals surface area contributed by atoms with Crippen LogP contribution in [0.25, 0.3) is 0 Å². The van der Waals surface area contributed by atoms with Crippen LogP contribution >= 0.6 is 0 Å². The molecule has 1 aromatic carbocycles. The first-order valence-corrected chi connectivity index (χ1v) is 5.06. The number of phenols is 1. The lowest BCUT2D eigenvalue weighted by Gasteiger charge is -2.11. The van der Waals surface area contributed by atoms with E-state index in [2.05, 4.69) is 0 Å². The average molecular weight is 192 g/mol. The monoisotopic (exact) mass is 192 g/mol. The highest BCUT2D eigenvalue weighted by Crippen LogP contribution is 2.35. The average Bonchev–Trinajstić information content (AvgIpc) is 2.63. The summed E-state index contributed by atoms with van der Waals surface area (Å²) in [7, 11) is 1.71. The Morgan fingerprint density at radius 3 is 2.79 bits per heavy atom. The molecule has 0 spiro atoms. The van der Waals surface area contributed by atoms with Crippen LogP contribution in [-0.4, -0.2) is 12.2 Å². The predicted octanol–water partition coefficient (Wildman–Crippen LogP) is 2.34. The van der Waals surface area contributed by atoms with Crippen molar-refractivity contribution in [3.8, 4) is 5.75 Å². The number of rotatable bonds is 2. The van der Waals surface area contributed by atoms with Crippen LogP contribution in [0.3, 0.4) is 0 Å². The summed E-state index contributed by atoms with van der Waals surface area (Å²) in [5, 5.41) is 9.87. The standard InChI is InChI=1S/C12H16O2/c1-8-6-9(7-14-2)10-4-3-5-11(10)12(8)13/h6,13H,3-5,7H2,1-2H3. The fourth-order valence-electron chi connectivity index (χ4n) is 2.30. The van der Waals surface area contributed by atoms with E-state index in [1.54, 1.807) is 7.11 Å². The minimum absolute atomic E-state index is 0.498. The molecule has 0 aliphatic heterocycles. The van der Waals surface area contributed by atoms with Crippen LogP contribution in [0.4, 0.5) is 0 Å². The third kappa shape index (κ3) is 1.40. The molecule has 1 aliphatic rings. The van der Waals surface area contributed by atoms with Gasteiger partial charge in [0.25, 0.3) is 0 Å². The molecular formula is C12H16O2. The topological polar surface area (TPSA) is 29.5 Å². The second-order valence-electron chi connectivity index (χ2n) is 3.94. The molecule has 0 radical (unpaired) electrons. The molecule has 0 saturated carbocycles. The quantitative estimate of drug-likeness (QED) is 0.779. The third-order valence-corrected chi connectivity index (χ3v) is 2.96. The number of hydrogen-bond acceptors (Lipinski definition) is 2. The highest BCUT2D eigenvalue weighted by molar-refractivity contribution is 5.51. The number of methoxy groups -OCH3 is 1. The maximum absolute atomic E-state index is 9.87. The minimum atomic E-state index is 0.498. The fourth-order valence-corrected chi connectivity index (χ4v) is 2.30. The number of benzene rings is 1. The van der Waals surface area contributed by atoms with E-state index >= 15 is 0 Å². The fraction of sp³-hybridized carbons (Fsp3) is 0.500. The number of aromatic hydroxyl groups is 1. The zero-order valence-electron chi connectivity index (χ0n) is 8.76. The van der Waals surface area contributed by atoms with Gasteiger partial charge in [-0.15, -0.1) is 0 Å². The zero-order chi connectivity index (χ0) is 10.1. The second kappa shape index (κ2) is 3.62. The van der Waals surface area contributed by atoms with Crippen molar-refractivity contribution < 1.29 is 9.84 Å². The molecule has 1 aromatic rings. The molecular weight excluding hydrogens is 176 g/mol. The van der Waals surface area contributed by atoms with Crippen LogP contribution in [0.1, 0.15) is 28.7 Å². The number of phenolic OH excluding ortho intramolecular Hbond substituents is 1. The molecule has 0 amide bonds. The van der Waals surface area contributed by atoms with E-state index in [-0.39, 0.29) is 0 Å². The lowest BCUT2D eigenvalue weighted by molar-refractivity contribution is 0.184. The Morgan fingerprint density at radius 2 is 2.07 bits per heavy atom. The highest BCUT2D eigenvalue weighted by atomic mass is 16.5. The molecule has 0 saturated heterocycles. The molecule has 2 nitrogen and oxygen atoms in total. The van der Waals surface area contributed by atoms with E-state index in [9.17, 15) is 5.11 Å². The van der Waals surface area contributed by atoms with Crippen LogP contribution in [-0.2, 0) is 24.2 Å². The first-order chi connectivity index (χ1) is 6.74. The summed E-state index contributed by atoms with van der Waals surface area (Å²) in [6.07, 6.45) is 3.25. The van der Waals surface area contributed by atoms with Gasteiger partial charge in [0.1, 0.15) is 5.75 Å². The smallest absolute Gasteiger partial charge is 0.121 e. The zero-order valence-corrected chi connectivity index (χ0v) is 8.76. The summed E-state index contributed by atoms with van der Waals surface area (Å²) in [5.41, 5.74) is 4.68. The normalized spacial score (nSPS) is 14.4. The summed E-state index contributed by atoms with van der Waals surface area (Å²) in [4.78, 5) is 0. The van der Waals surface area contributed by atoms with Crippen molar-refractivity contribution in [2.24, 2.45) is 0 Å². The van der Waals surface area contributed by atoms with Gasteiger partial charge in [0.15, 0.2) is 0 Å². The van der Waals surface area contributed by atoms with Crippen molar-refractivity contribution in [1.82, 2.24) is 0 Å². The van der Waals surface area contributed by atoms with E-state index < -0.39 is 0 Å². The van der Waals surface area contributed by atoms with E-state index in [4.69, 9.17) is 4.74 Å². The third-order valence-electron chi connectivity index (χ3n) is 2.96. The Hall–Kier alpha value is -1.02. The molecule has 1 aliphatic carbocycles. The van der Waals surface area contributed by atoms with E-state index in [1.807, 2.05) is 13.0 Å². The SMILES string of the molecule is COCc1cc(C)c(O)c2c1CCC2. The molecule has 14 heavy (non-hydrogen) atoms. The molecule has 0 atom stereocenters. The van der Waals surface area contributed by atoms with Gasteiger partial charge in [-0.2, -0.15) is 0 Å². The molecule has 0 unspecified atom stereocenters. The lowest BCUT2D eigenvalue weighted by atomic mass is 9.99. The Balaban J connectivity index is 2.52. The summed E-state index contributed by atoms with van der Waals surface area (Å²) >= 11 is 0. The van der Waals surface area contributed by atoms with Crippen molar-refractivity contribution in [3.05, 3.63) is 28.3 Å². The van der Waals surface area contributed by atoms with E-state index in [1.165, 1.54) is 11.1 Å². The van der Waals surface area contributed by atoms with Crippen LogP contribution < -0.4 is 0 Å². The molecule has 0 fully saturated rings. The largest absolute Gasteiger partial charge is 0.507 e. The van der Waals surface area contributed by atoms with Crippen LogP contribution in [0.5, 0.6) is 5.75 Å². The molecule has 2 rings (SSSR count). The summed E-state index contributed by atoms with van der Waals surface area (Å²) in [5.74, 6) is 0.498. The first-order valence-electron chi connectivity index (χ1n) is 5.06. The summed E-state index contributed by atoms with van der Waals surface area (Å²) < 4.78 is 5.17. The maximum atomic E-state index is 9.87. The van der Waals surface area contributed by atoms with Crippen molar-refractivity contribution in [2.45, 2.75) is 32.8 Å². The first kappa shape index (κ1) is 9.53. The van der Waals surface area contributed by atoms with E-state index in [0.29, 0.717) is 12.4 Å². The number of fused-ring (bicyclic) bond motifs is 1.